The van der Waals surface area contributed by atoms with Gasteiger partial charge in [-0.05, 0) is 36.6 Å². The largest absolute Gasteiger partial charge is 0.378 e. The van der Waals surface area contributed by atoms with Crippen LogP contribution in [-0.2, 0) is 6.42 Å². The second kappa shape index (κ2) is 6.18. The molecule has 2 heterocycles. The van der Waals surface area contributed by atoms with Crippen LogP contribution in [0.15, 0.2) is 48.8 Å². The maximum absolute atomic E-state index is 12.3. The average molecular weight is 296 g/mol. The minimum absolute atomic E-state index is 0.272. The van der Waals surface area contributed by atoms with E-state index >= 15 is 0 Å². The third kappa shape index (κ3) is 2.96. The fourth-order valence-corrected chi connectivity index (χ4v) is 2.53. The van der Waals surface area contributed by atoms with Crippen molar-refractivity contribution in [1.29, 1.82) is 0 Å². The minimum Gasteiger partial charge on any atom is -0.378 e. The van der Waals surface area contributed by atoms with Crippen molar-refractivity contribution in [1.82, 2.24) is 9.38 Å². The molecule has 3 rings (SSSR count). The molecular formula is C18H20FN3. The Morgan fingerprint density at radius 2 is 1.82 bits per heavy atom. The van der Waals surface area contributed by atoms with Crippen molar-refractivity contribution in [3.8, 4) is 11.3 Å². The van der Waals surface area contributed by atoms with Crippen LogP contribution in [0.1, 0.15) is 12.0 Å². The Bertz CT molecular complexity index is 760. The zero-order valence-electron chi connectivity index (χ0n) is 13.0. The van der Waals surface area contributed by atoms with Crippen LogP contribution in [-0.4, -0.2) is 30.2 Å². The van der Waals surface area contributed by atoms with Crippen LogP contribution >= 0.6 is 0 Å². The molecule has 0 N–H and O–H groups in total. The molecule has 0 atom stereocenters. The second-order valence-corrected chi connectivity index (χ2v) is 5.66. The zero-order valence-corrected chi connectivity index (χ0v) is 13.0. The van der Waals surface area contributed by atoms with Gasteiger partial charge in [0.1, 0.15) is 5.65 Å². The molecule has 0 fully saturated rings. The van der Waals surface area contributed by atoms with Gasteiger partial charge in [0.2, 0.25) is 0 Å². The van der Waals surface area contributed by atoms with E-state index in [2.05, 4.69) is 34.1 Å². The van der Waals surface area contributed by atoms with Gasteiger partial charge in [-0.15, -0.1) is 0 Å². The Balaban J connectivity index is 1.90. The number of pyridine rings is 1. The fraction of sp³-hybridized carbons (Fsp3) is 0.278. The lowest BCUT2D eigenvalue weighted by Crippen LogP contribution is -2.07. The normalized spacial score (nSPS) is 11.0. The molecule has 0 bridgehead atoms. The standard InChI is InChI=1S/C18H20FN3/c1-21(2)16-8-6-15(7-9-16)17-13-22-12-14(4-3-11-19)5-10-18(22)20-17/h5-10,12-13H,3-4,11H2,1-2H3/i19-1. The lowest BCUT2D eigenvalue weighted by molar-refractivity contribution is 0.473. The van der Waals surface area contributed by atoms with E-state index in [0.717, 1.165) is 28.9 Å². The highest BCUT2D eigenvalue weighted by molar-refractivity contribution is 5.65. The molecule has 2 aromatic heterocycles. The van der Waals surface area contributed by atoms with Crippen LogP contribution < -0.4 is 4.90 Å². The number of hydrogen-bond donors (Lipinski definition) is 0. The van der Waals surface area contributed by atoms with Gasteiger partial charge >= 0.3 is 0 Å². The van der Waals surface area contributed by atoms with Gasteiger partial charge in [-0.25, -0.2) is 4.98 Å². The third-order valence-electron chi connectivity index (χ3n) is 3.79. The summed E-state index contributed by atoms with van der Waals surface area (Å²) < 4.78 is 14.3. The Morgan fingerprint density at radius 3 is 2.50 bits per heavy atom. The van der Waals surface area contributed by atoms with E-state index in [1.807, 2.05) is 43.0 Å². The minimum atomic E-state index is -0.272. The summed E-state index contributed by atoms with van der Waals surface area (Å²) in [5, 5.41) is 0. The topological polar surface area (TPSA) is 20.5 Å². The van der Waals surface area contributed by atoms with Crippen molar-refractivity contribution in [2.45, 2.75) is 12.8 Å². The van der Waals surface area contributed by atoms with Crippen molar-refractivity contribution in [3.05, 3.63) is 54.4 Å². The molecule has 3 nitrogen and oxygen atoms in total. The van der Waals surface area contributed by atoms with Crippen molar-refractivity contribution >= 4 is 11.3 Å². The molecule has 22 heavy (non-hydrogen) atoms. The summed E-state index contributed by atoms with van der Waals surface area (Å²) in [5.41, 5.74) is 5.27. The molecule has 0 saturated heterocycles. The molecule has 114 valence electrons. The van der Waals surface area contributed by atoms with E-state index in [-0.39, 0.29) is 6.67 Å². The number of anilines is 1. The summed E-state index contributed by atoms with van der Waals surface area (Å²) in [7, 11) is 4.05. The first-order chi connectivity index (χ1) is 10.7. The zero-order chi connectivity index (χ0) is 15.5. The Hall–Kier alpha value is -2.36. The maximum Gasteiger partial charge on any atom is 0.137 e. The van der Waals surface area contributed by atoms with Crippen molar-refractivity contribution in [2.75, 3.05) is 25.7 Å². The number of nitrogens with zero attached hydrogens (tertiary/aromatic N) is 3. The monoisotopic (exact) mass is 296 g/mol. The number of imidazole rings is 1. The van der Waals surface area contributed by atoms with Crippen LogP contribution in [0.4, 0.5) is 10.1 Å². The first-order valence-electron chi connectivity index (χ1n) is 7.49. The highest BCUT2D eigenvalue weighted by Crippen LogP contribution is 2.22. The summed E-state index contributed by atoms with van der Waals surface area (Å²) in [6.07, 6.45) is 5.39. The molecular weight excluding hydrogens is 276 g/mol. The van der Waals surface area contributed by atoms with Crippen LogP contribution in [0.5, 0.6) is 0 Å². The summed E-state index contributed by atoms with van der Waals surface area (Å²) in [6.45, 7) is -0.272. The summed E-state index contributed by atoms with van der Waals surface area (Å²) in [6, 6.07) is 12.4. The molecule has 0 aliphatic carbocycles. The van der Waals surface area contributed by atoms with E-state index in [0.29, 0.717) is 6.42 Å². The SMILES string of the molecule is CN(C)c1ccc(-c2cn3cc(CCC[18F])ccc3n2)cc1. The highest BCUT2D eigenvalue weighted by Gasteiger charge is 2.06. The molecule has 0 aliphatic rings. The Labute approximate surface area is 130 Å². The van der Waals surface area contributed by atoms with Crippen molar-refractivity contribution in [2.24, 2.45) is 0 Å². The molecule has 4 heteroatoms. The van der Waals surface area contributed by atoms with E-state index in [1.165, 1.54) is 5.69 Å². The van der Waals surface area contributed by atoms with Crippen molar-refractivity contribution in [3.63, 3.8) is 0 Å². The Morgan fingerprint density at radius 1 is 1.05 bits per heavy atom. The predicted octanol–water partition coefficient (Wildman–Crippen LogP) is 3.97. The first kappa shape index (κ1) is 14.6. The number of alkyl halides is 1. The van der Waals surface area contributed by atoms with Gasteiger partial charge in [-0.1, -0.05) is 18.2 Å². The maximum atomic E-state index is 12.3. The average Bonchev–Trinajstić information content (AvgIpc) is 2.96. The van der Waals surface area contributed by atoms with Crippen LogP contribution in [0.25, 0.3) is 16.9 Å². The fourth-order valence-electron chi connectivity index (χ4n) is 2.53. The van der Waals surface area contributed by atoms with Gasteiger partial charge in [0.05, 0.1) is 12.4 Å². The number of aryl methyl sites for hydroxylation is 1. The summed E-state index contributed by atoms with van der Waals surface area (Å²) in [5.74, 6) is 0. The van der Waals surface area contributed by atoms with Gasteiger partial charge in [0.15, 0.2) is 0 Å². The van der Waals surface area contributed by atoms with Crippen LogP contribution in [0.2, 0.25) is 0 Å². The molecule has 3 aromatic rings. The van der Waals surface area contributed by atoms with Crippen LogP contribution in [0, 0.1) is 0 Å². The molecule has 0 spiro atoms. The number of hydrogen-bond acceptors (Lipinski definition) is 2. The lowest BCUT2D eigenvalue weighted by atomic mass is 10.1. The van der Waals surface area contributed by atoms with Gasteiger partial charge in [-0.3, -0.25) is 4.39 Å². The van der Waals surface area contributed by atoms with Gasteiger partial charge in [0.25, 0.3) is 0 Å². The third-order valence-corrected chi connectivity index (χ3v) is 3.79. The van der Waals surface area contributed by atoms with Gasteiger partial charge in [-0.2, -0.15) is 0 Å². The van der Waals surface area contributed by atoms with E-state index in [9.17, 15) is 4.39 Å². The number of fused-ring (bicyclic) bond motifs is 1. The van der Waals surface area contributed by atoms with E-state index < -0.39 is 0 Å². The molecule has 0 saturated carbocycles. The number of halogens is 1. The van der Waals surface area contributed by atoms with Crippen LogP contribution in [0.3, 0.4) is 0 Å². The molecule has 0 aliphatic heterocycles. The van der Waals surface area contributed by atoms with E-state index in [1.54, 1.807) is 0 Å². The van der Waals surface area contributed by atoms with E-state index in [4.69, 9.17) is 0 Å². The number of rotatable bonds is 5. The van der Waals surface area contributed by atoms with Gasteiger partial charge < -0.3 is 9.30 Å². The Kier molecular flexibility index (Phi) is 4.09. The van der Waals surface area contributed by atoms with Gasteiger partial charge in [0, 0.05) is 37.7 Å². The smallest absolute Gasteiger partial charge is 0.137 e. The highest BCUT2D eigenvalue weighted by atomic mass is 18.2. The quantitative estimate of drug-likeness (QED) is 0.710. The molecule has 0 radical (unpaired) electrons. The molecule has 1 aromatic carbocycles. The summed E-state index contributed by atoms with van der Waals surface area (Å²) in [4.78, 5) is 6.73. The molecule has 0 unspecified atom stereocenters. The summed E-state index contributed by atoms with van der Waals surface area (Å²) >= 11 is 0. The molecule has 0 amide bonds. The number of benzene rings is 1. The second-order valence-electron chi connectivity index (χ2n) is 5.66. The number of aromatic nitrogens is 2. The van der Waals surface area contributed by atoms with Crippen molar-refractivity contribution < 1.29 is 4.39 Å². The first-order valence-corrected chi connectivity index (χ1v) is 7.49. The predicted molar refractivity (Wildman–Crippen MR) is 89.3 cm³/mol. The lowest BCUT2D eigenvalue weighted by Gasteiger charge is -2.12.